The highest BCUT2D eigenvalue weighted by molar-refractivity contribution is 6.32. The summed E-state index contributed by atoms with van der Waals surface area (Å²) < 4.78 is 5.63. The Morgan fingerprint density at radius 2 is 2.26 bits per heavy atom. The first kappa shape index (κ1) is 18.0. The number of nitrogens with two attached hydrogens (primary N) is 1. The topological polar surface area (TPSA) is 75.8 Å². The number of likely N-dealkylation sites (tertiary alicyclic amines) is 1. The Hall–Kier alpha value is -1.30. The number of rotatable bonds is 6. The molecular weight excluding hydrogens is 316 g/mol. The highest BCUT2D eigenvalue weighted by Gasteiger charge is 2.29. The number of ether oxygens (including phenoxy) is 1. The second-order valence-corrected chi connectivity index (χ2v) is 6.79. The third-order valence-electron chi connectivity index (χ3n) is 4.38. The summed E-state index contributed by atoms with van der Waals surface area (Å²) in [7, 11) is 0. The quantitative estimate of drug-likeness (QED) is 0.830. The van der Waals surface area contributed by atoms with Crippen LogP contribution in [0.2, 0.25) is 5.02 Å². The molecule has 0 aliphatic carbocycles. The number of nitrogens with zero attached hydrogens (tertiary/aromatic N) is 1. The SMILES string of the molecule is Cc1ccc(Cl)c(OC[C@H](O)CN2C[C@H](C(N)=O)CC[C@@H]2C)c1. The van der Waals surface area contributed by atoms with E-state index in [0.29, 0.717) is 29.9 Å². The van der Waals surface area contributed by atoms with Crippen LogP contribution in [0.4, 0.5) is 0 Å². The first-order chi connectivity index (χ1) is 10.9. The Kier molecular flexibility index (Phi) is 6.27. The molecule has 0 radical (unpaired) electrons. The van der Waals surface area contributed by atoms with Crippen LogP contribution >= 0.6 is 11.6 Å². The number of aliphatic hydroxyl groups excluding tert-OH is 1. The van der Waals surface area contributed by atoms with Crippen LogP contribution in [-0.4, -0.2) is 47.8 Å². The zero-order valence-electron chi connectivity index (χ0n) is 13.7. The average molecular weight is 341 g/mol. The van der Waals surface area contributed by atoms with Gasteiger partial charge in [-0.25, -0.2) is 0 Å². The highest BCUT2D eigenvalue weighted by Crippen LogP contribution is 2.26. The fourth-order valence-corrected chi connectivity index (χ4v) is 3.07. The molecule has 1 aliphatic rings. The molecule has 128 valence electrons. The minimum atomic E-state index is -0.652. The maximum absolute atomic E-state index is 11.4. The van der Waals surface area contributed by atoms with Gasteiger partial charge in [0.25, 0.3) is 0 Å². The lowest BCUT2D eigenvalue weighted by atomic mass is 9.93. The van der Waals surface area contributed by atoms with E-state index >= 15 is 0 Å². The molecule has 6 heteroatoms. The van der Waals surface area contributed by atoms with E-state index in [2.05, 4.69) is 11.8 Å². The van der Waals surface area contributed by atoms with Crippen molar-refractivity contribution >= 4 is 17.5 Å². The molecule has 0 bridgehead atoms. The standard InChI is InChI=1S/C17H25ClN2O3/c1-11-3-6-15(18)16(7-11)23-10-14(21)9-20-8-13(17(19)22)5-4-12(20)2/h3,6-7,12-14,21H,4-5,8-10H2,1-2H3,(H2,19,22)/t12-,13+,14+/m0/s1. The van der Waals surface area contributed by atoms with Gasteiger partial charge in [-0.3, -0.25) is 9.69 Å². The first-order valence-electron chi connectivity index (χ1n) is 7.97. The molecular formula is C17H25ClN2O3. The van der Waals surface area contributed by atoms with Crippen molar-refractivity contribution in [1.82, 2.24) is 4.90 Å². The fraction of sp³-hybridized carbons (Fsp3) is 0.588. The Labute approximate surface area is 142 Å². The van der Waals surface area contributed by atoms with Crippen molar-refractivity contribution in [2.24, 2.45) is 11.7 Å². The van der Waals surface area contributed by atoms with Gasteiger partial charge in [-0.05, 0) is 44.4 Å². The molecule has 0 saturated carbocycles. The number of aliphatic hydroxyl groups is 1. The van der Waals surface area contributed by atoms with E-state index in [4.69, 9.17) is 22.1 Å². The Morgan fingerprint density at radius 3 is 2.96 bits per heavy atom. The second kappa shape index (κ2) is 7.99. The number of carbonyl (C=O) groups excluding carboxylic acids is 1. The lowest BCUT2D eigenvalue weighted by Gasteiger charge is -2.37. The Balaban J connectivity index is 1.87. The average Bonchev–Trinajstić information content (AvgIpc) is 2.50. The summed E-state index contributed by atoms with van der Waals surface area (Å²) in [6.07, 6.45) is 1.07. The zero-order chi connectivity index (χ0) is 17.0. The summed E-state index contributed by atoms with van der Waals surface area (Å²) in [5.74, 6) is 0.178. The molecule has 1 aromatic rings. The van der Waals surface area contributed by atoms with Gasteiger partial charge in [-0.15, -0.1) is 0 Å². The highest BCUT2D eigenvalue weighted by atomic mass is 35.5. The summed E-state index contributed by atoms with van der Waals surface area (Å²) >= 11 is 6.08. The van der Waals surface area contributed by atoms with Crippen LogP contribution in [0.3, 0.4) is 0 Å². The molecule has 1 saturated heterocycles. The van der Waals surface area contributed by atoms with Crippen molar-refractivity contribution in [3.05, 3.63) is 28.8 Å². The number of β-amino-alcohol motifs (C(OH)–C–C–N with tert-alkyl or cyclic N) is 1. The second-order valence-electron chi connectivity index (χ2n) is 6.38. The molecule has 0 unspecified atom stereocenters. The molecule has 5 nitrogen and oxygen atoms in total. The zero-order valence-corrected chi connectivity index (χ0v) is 14.4. The lowest BCUT2D eigenvalue weighted by molar-refractivity contribution is -0.124. The summed E-state index contributed by atoms with van der Waals surface area (Å²) in [5, 5.41) is 10.8. The maximum Gasteiger partial charge on any atom is 0.221 e. The van der Waals surface area contributed by atoms with Crippen LogP contribution in [0.25, 0.3) is 0 Å². The van der Waals surface area contributed by atoms with Gasteiger partial charge in [0.15, 0.2) is 0 Å². The van der Waals surface area contributed by atoms with Gasteiger partial charge in [0.2, 0.25) is 5.91 Å². The van der Waals surface area contributed by atoms with Gasteiger partial charge in [-0.1, -0.05) is 17.7 Å². The van der Waals surface area contributed by atoms with Crippen molar-refractivity contribution in [1.29, 1.82) is 0 Å². The van der Waals surface area contributed by atoms with Crippen LogP contribution < -0.4 is 10.5 Å². The summed E-state index contributed by atoms with van der Waals surface area (Å²) in [6.45, 7) is 5.27. The van der Waals surface area contributed by atoms with Crippen LogP contribution in [0.1, 0.15) is 25.3 Å². The van der Waals surface area contributed by atoms with Crippen LogP contribution in [0.5, 0.6) is 5.75 Å². The van der Waals surface area contributed by atoms with Crippen LogP contribution in [0.15, 0.2) is 18.2 Å². The van der Waals surface area contributed by atoms with E-state index in [1.807, 2.05) is 19.1 Å². The first-order valence-corrected chi connectivity index (χ1v) is 8.35. The molecule has 1 aliphatic heterocycles. The number of benzene rings is 1. The van der Waals surface area contributed by atoms with Crippen molar-refractivity contribution in [3.63, 3.8) is 0 Å². The fourth-order valence-electron chi connectivity index (χ4n) is 2.90. The van der Waals surface area contributed by atoms with Gasteiger partial charge in [0, 0.05) is 19.1 Å². The number of hydrogen-bond acceptors (Lipinski definition) is 4. The number of halogens is 1. The monoisotopic (exact) mass is 340 g/mol. The van der Waals surface area contributed by atoms with E-state index in [0.717, 1.165) is 18.4 Å². The molecule has 3 atom stereocenters. The van der Waals surface area contributed by atoms with Crippen molar-refractivity contribution in [2.75, 3.05) is 19.7 Å². The van der Waals surface area contributed by atoms with E-state index < -0.39 is 6.10 Å². The minimum Gasteiger partial charge on any atom is -0.489 e. The predicted octanol–water partition coefficient (Wildman–Crippen LogP) is 1.97. The van der Waals surface area contributed by atoms with E-state index in [1.165, 1.54) is 0 Å². The number of carbonyl (C=O) groups is 1. The number of piperidine rings is 1. The molecule has 23 heavy (non-hydrogen) atoms. The lowest BCUT2D eigenvalue weighted by Crippen LogP contribution is -2.49. The molecule has 1 heterocycles. The van der Waals surface area contributed by atoms with Gasteiger partial charge < -0.3 is 15.6 Å². The minimum absolute atomic E-state index is 0.134. The van der Waals surface area contributed by atoms with Crippen LogP contribution in [0, 0.1) is 12.8 Å². The van der Waals surface area contributed by atoms with Crippen molar-refractivity contribution in [3.8, 4) is 5.75 Å². The molecule has 0 aromatic heterocycles. The third kappa shape index (κ3) is 5.09. The predicted molar refractivity (Wildman–Crippen MR) is 90.6 cm³/mol. The number of primary amides is 1. The smallest absolute Gasteiger partial charge is 0.221 e. The Bertz CT molecular complexity index is 553. The maximum atomic E-state index is 11.4. The van der Waals surface area contributed by atoms with E-state index in [-0.39, 0.29) is 18.4 Å². The molecule has 1 aromatic carbocycles. The number of amides is 1. The molecule has 0 spiro atoms. The normalized spacial score (nSPS) is 23.5. The largest absolute Gasteiger partial charge is 0.489 e. The molecule has 1 fully saturated rings. The van der Waals surface area contributed by atoms with Gasteiger partial charge in [-0.2, -0.15) is 0 Å². The molecule has 3 N–H and O–H groups in total. The number of hydrogen-bond donors (Lipinski definition) is 2. The van der Waals surface area contributed by atoms with E-state index in [9.17, 15) is 9.90 Å². The van der Waals surface area contributed by atoms with Gasteiger partial charge >= 0.3 is 0 Å². The van der Waals surface area contributed by atoms with Gasteiger partial charge in [0.05, 0.1) is 10.9 Å². The molecule has 2 rings (SSSR count). The summed E-state index contributed by atoms with van der Waals surface area (Å²) in [6, 6.07) is 5.86. The van der Waals surface area contributed by atoms with Gasteiger partial charge in [0.1, 0.15) is 18.5 Å². The molecule has 1 amide bonds. The number of aryl methyl sites for hydroxylation is 1. The summed E-state index contributed by atoms with van der Waals surface area (Å²) in [5.41, 5.74) is 6.45. The summed E-state index contributed by atoms with van der Waals surface area (Å²) in [4.78, 5) is 13.5. The van der Waals surface area contributed by atoms with Crippen LogP contribution in [-0.2, 0) is 4.79 Å². The van der Waals surface area contributed by atoms with E-state index in [1.54, 1.807) is 6.07 Å². The Morgan fingerprint density at radius 1 is 1.52 bits per heavy atom. The van der Waals surface area contributed by atoms with Crippen molar-refractivity contribution in [2.45, 2.75) is 38.8 Å². The van der Waals surface area contributed by atoms with Crippen molar-refractivity contribution < 1.29 is 14.6 Å². The third-order valence-corrected chi connectivity index (χ3v) is 4.69.